The van der Waals surface area contributed by atoms with Crippen LogP contribution in [0.4, 0.5) is 0 Å². The number of ether oxygens (including phenoxy) is 1. The van der Waals surface area contributed by atoms with Gasteiger partial charge in [-0.3, -0.25) is 0 Å². The Morgan fingerprint density at radius 2 is 2.00 bits per heavy atom. The van der Waals surface area contributed by atoms with Gasteiger partial charge in [0, 0.05) is 5.56 Å². The SMILES string of the molecule is COc1ccc(-n2ncc(C(=O)[O-])c2C)cc1. The van der Waals surface area contributed by atoms with Crippen LogP contribution in [-0.2, 0) is 0 Å². The van der Waals surface area contributed by atoms with Gasteiger partial charge in [0.1, 0.15) is 5.75 Å². The number of methoxy groups -OCH3 is 1. The van der Waals surface area contributed by atoms with Crippen LogP contribution in [0.25, 0.3) is 5.69 Å². The number of aromatic carboxylic acids is 1. The summed E-state index contributed by atoms with van der Waals surface area (Å²) in [6.45, 7) is 1.68. The van der Waals surface area contributed by atoms with E-state index in [2.05, 4.69) is 5.10 Å². The predicted molar refractivity (Wildman–Crippen MR) is 59.2 cm³/mol. The molecule has 0 radical (unpaired) electrons. The predicted octanol–water partition coefficient (Wildman–Crippen LogP) is 0.553. The number of rotatable bonds is 3. The Kier molecular flexibility index (Phi) is 2.82. The summed E-state index contributed by atoms with van der Waals surface area (Å²) < 4.78 is 6.59. The molecule has 0 N–H and O–H groups in total. The number of carbonyl (C=O) groups is 1. The van der Waals surface area contributed by atoms with E-state index in [0.717, 1.165) is 11.4 Å². The standard InChI is InChI=1S/C12H12N2O3/c1-8-11(12(15)16)7-13-14(8)9-3-5-10(17-2)6-4-9/h3-7H,1-2H3,(H,15,16)/p-1. The second-order valence-corrected chi connectivity index (χ2v) is 3.54. The lowest BCUT2D eigenvalue weighted by Gasteiger charge is -2.07. The number of carbonyl (C=O) groups excluding carboxylic acids is 1. The molecule has 0 bridgehead atoms. The molecule has 2 aromatic rings. The minimum atomic E-state index is -1.22. The van der Waals surface area contributed by atoms with Crippen LogP contribution in [-0.4, -0.2) is 22.9 Å². The molecule has 0 aliphatic heterocycles. The molecule has 0 saturated heterocycles. The maximum absolute atomic E-state index is 10.8. The molecule has 1 aromatic carbocycles. The summed E-state index contributed by atoms with van der Waals surface area (Å²) in [7, 11) is 1.59. The highest BCUT2D eigenvalue weighted by Crippen LogP contribution is 2.17. The third-order valence-corrected chi connectivity index (χ3v) is 2.55. The van der Waals surface area contributed by atoms with E-state index in [0.29, 0.717) is 5.69 Å². The van der Waals surface area contributed by atoms with E-state index in [-0.39, 0.29) is 5.56 Å². The van der Waals surface area contributed by atoms with Crippen LogP contribution in [0.2, 0.25) is 0 Å². The van der Waals surface area contributed by atoms with Gasteiger partial charge < -0.3 is 14.6 Å². The molecule has 1 heterocycles. The minimum Gasteiger partial charge on any atom is -0.545 e. The van der Waals surface area contributed by atoms with Gasteiger partial charge in [-0.15, -0.1) is 0 Å². The molecule has 2 rings (SSSR count). The monoisotopic (exact) mass is 231 g/mol. The van der Waals surface area contributed by atoms with Crippen molar-refractivity contribution in [1.82, 2.24) is 9.78 Å². The molecule has 0 aliphatic rings. The molecule has 0 saturated carbocycles. The van der Waals surface area contributed by atoms with Crippen molar-refractivity contribution in [3.05, 3.63) is 41.7 Å². The molecule has 0 spiro atoms. The Morgan fingerprint density at radius 3 is 2.47 bits per heavy atom. The lowest BCUT2D eigenvalue weighted by Crippen LogP contribution is -2.22. The number of hydrogen-bond donors (Lipinski definition) is 0. The summed E-state index contributed by atoms with van der Waals surface area (Å²) in [5, 5.41) is 14.8. The maximum atomic E-state index is 10.8. The Hall–Kier alpha value is -2.30. The third-order valence-electron chi connectivity index (χ3n) is 2.55. The maximum Gasteiger partial charge on any atom is 0.119 e. The zero-order chi connectivity index (χ0) is 12.4. The van der Waals surface area contributed by atoms with Crippen LogP contribution < -0.4 is 9.84 Å². The average Bonchev–Trinajstić information content (AvgIpc) is 2.71. The van der Waals surface area contributed by atoms with Crippen molar-refractivity contribution in [2.45, 2.75) is 6.92 Å². The normalized spacial score (nSPS) is 10.2. The van der Waals surface area contributed by atoms with Crippen LogP contribution in [0.1, 0.15) is 16.1 Å². The van der Waals surface area contributed by atoms with Gasteiger partial charge in [0.15, 0.2) is 0 Å². The van der Waals surface area contributed by atoms with Crippen molar-refractivity contribution in [3.8, 4) is 11.4 Å². The number of carboxylic acid groups (broad SMARTS) is 1. The van der Waals surface area contributed by atoms with Gasteiger partial charge in [0.2, 0.25) is 0 Å². The molecule has 88 valence electrons. The Labute approximate surface area is 98.3 Å². The molecule has 17 heavy (non-hydrogen) atoms. The van der Waals surface area contributed by atoms with Crippen LogP contribution in [0.3, 0.4) is 0 Å². The Morgan fingerprint density at radius 1 is 1.35 bits per heavy atom. The van der Waals surface area contributed by atoms with Gasteiger partial charge in [0.05, 0.1) is 30.7 Å². The van der Waals surface area contributed by atoms with Crippen LogP contribution in [0.15, 0.2) is 30.5 Å². The fourth-order valence-electron chi connectivity index (χ4n) is 1.59. The molecular weight excluding hydrogens is 220 g/mol. The van der Waals surface area contributed by atoms with Gasteiger partial charge in [-0.25, -0.2) is 4.68 Å². The van der Waals surface area contributed by atoms with Gasteiger partial charge >= 0.3 is 0 Å². The summed E-state index contributed by atoms with van der Waals surface area (Å²) in [6.07, 6.45) is 1.29. The second kappa shape index (κ2) is 4.29. The molecule has 5 nitrogen and oxygen atoms in total. The van der Waals surface area contributed by atoms with E-state index in [4.69, 9.17) is 4.74 Å². The summed E-state index contributed by atoms with van der Waals surface area (Å²) in [4.78, 5) is 10.8. The quantitative estimate of drug-likeness (QED) is 0.773. The topological polar surface area (TPSA) is 67.2 Å². The number of nitrogens with zero attached hydrogens (tertiary/aromatic N) is 2. The van der Waals surface area contributed by atoms with Crippen molar-refractivity contribution >= 4 is 5.97 Å². The highest BCUT2D eigenvalue weighted by molar-refractivity contribution is 5.86. The highest BCUT2D eigenvalue weighted by Gasteiger charge is 2.08. The van der Waals surface area contributed by atoms with Gasteiger partial charge in [0.25, 0.3) is 0 Å². The molecule has 5 heteroatoms. The first kappa shape index (κ1) is 11.2. The Bertz CT molecular complexity index is 543. The third kappa shape index (κ3) is 1.99. The van der Waals surface area contributed by atoms with Crippen LogP contribution >= 0.6 is 0 Å². The fourth-order valence-corrected chi connectivity index (χ4v) is 1.59. The molecular formula is C12H11N2O3-. The number of aromatic nitrogens is 2. The summed E-state index contributed by atoms with van der Waals surface area (Å²) in [5.41, 5.74) is 1.41. The van der Waals surface area contributed by atoms with E-state index in [9.17, 15) is 9.90 Å². The number of carboxylic acids is 1. The average molecular weight is 231 g/mol. The van der Waals surface area contributed by atoms with E-state index in [1.54, 1.807) is 43.0 Å². The van der Waals surface area contributed by atoms with Crippen molar-refractivity contribution in [1.29, 1.82) is 0 Å². The summed E-state index contributed by atoms with van der Waals surface area (Å²) in [5.74, 6) is -0.485. The van der Waals surface area contributed by atoms with E-state index < -0.39 is 5.97 Å². The van der Waals surface area contributed by atoms with Crippen LogP contribution in [0, 0.1) is 6.92 Å². The number of hydrogen-bond acceptors (Lipinski definition) is 4. The van der Waals surface area contributed by atoms with E-state index >= 15 is 0 Å². The summed E-state index contributed by atoms with van der Waals surface area (Å²) in [6, 6.07) is 7.18. The zero-order valence-electron chi connectivity index (χ0n) is 9.51. The van der Waals surface area contributed by atoms with Crippen molar-refractivity contribution in [2.75, 3.05) is 7.11 Å². The highest BCUT2D eigenvalue weighted by atomic mass is 16.5. The van der Waals surface area contributed by atoms with Gasteiger partial charge in [-0.2, -0.15) is 5.10 Å². The van der Waals surface area contributed by atoms with Crippen molar-refractivity contribution in [3.63, 3.8) is 0 Å². The first-order chi connectivity index (χ1) is 8.13. The lowest BCUT2D eigenvalue weighted by atomic mass is 10.2. The zero-order valence-corrected chi connectivity index (χ0v) is 9.51. The molecule has 1 aromatic heterocycles. The first-order valence-electron chi connectivity index (χ1n) is 5.04. The molecule has 0 atom stereocenters. The lowest BCUT2D eigenvalue weighted by molar-refractivity contribution is -0.255. The number of benzene rings is 1. The molecule has 0 unspecified atom stereocenters. The molecule has 0 amide bonds. The smallest absolute Gasteiger partial charge is 0.119 e. The van der Waals surface area contributed by atoms with Crippen molar-refractivity contribution < 1.29 is 14.6 Å². The van der Waals surface area contributed by atoms with E-state index in [1.807, 2.05) is 0 Å². The largest absolute Gasteiger partial charge is 0.545 e. The van der Waals surface area contributed by atoms with Gasteiger partial charge in [-0.05, 0) is 31.2 Å². The molecule has 0 fully saturated rings. The second-order valence-electron chi connectivity index (χ2n) is 3.54. The van der Waals surface area contributed by atoms with E-state index in [1.165, 1.54) is 6.20 Å². The molecule has 0 aliphatic carbocycles. The van der Waals surface area contributed by atoms with Crippen molar-refractivity contribution in [2.24, 2.45) is 0 Å². The summed E-state index contributed by atoms with van der Waals surface area (Å²) >= 11 is 0. The van der Waals surface area contributed by atoms with Crippen LogP contribution in [0.5, 0.6) is 5.75 Å². The van der Waals surface area contributed by atoms with Gasteiger partial charge in [-0.1, -0.05) is 0 Å². The first-order valence-corrected chi connectivity index (χ1v) is 5.04. The Balaban J connectivity index is 2.42. The fraction of sp³-hybridized carbons (Fsp3) is 0.167. The minimum absolute atomic E-state index is 0.0980.